The van der Waals surface area contributed by atoms with Crippen LogP contribution in [0.2, 0.25) is 0 Å². The van der Waals surface area contributed by atoms with Crippen molar-refractivity contribution in [2.24, 2.45) is 0 Å². The molecule has 0 aliphatic rings. The van der Waals surface area contributed by atoms with Crippen molar-refractivity contribution in [3.8, 4) is 0 Å². The van der Waals surface area contributed by atoms with Gasteiger partial charge in [0.25, 0.3) is 0 Å². The summed E-state index contributed by atoms with van der Waals surface area (Å²) in [5.74, 6) is 0. The van der Waals surface area contributed by atoms with Gasteiger partial charge in [-0.15, -0.1) is 0 Å². The van der Waals surface area contributed by atoms with Crippen molar-refractivity contribution in [1.29, 1.82) is 0 Å². The Hall–Kier alpha value is -0.0800. The van der Waals surface area contributed by atoms with Crippen molar-refractivity contribution in [1.82, 2.24) is 5.32 Å². The monoisotopic (exact) mass is 285 g/mol. The van der Waals surface area contributed by atoms with Crippen LogP contribution in [-0.4, -0.2) is 24.3 Å². The van der Waals surface area contributed by atoms with Crippen molar-refractivity contribution >= 4 is 0 Å². The fraction of sp³-hybridized carbons (Fsp3) is 1.00. The van der Waals surface area contributed by atoms with Crippen molar-refractivity contribution < 1.29 is 5.11 Å². The van der Waals surface area contributed by atoms with Crippen LogP contribution in [0.15, 0.2) is 0 Å². The number of hydrogen-bond donors (Lipinski definition) is 2. The van der Waals surface area contributed by atoms with E-state index in [2.05, 4.69) is 12.2 Å². The number of aliphatic hydroxyl groups is 1. The Balaban J connectivity index is 2.96. The van der Waals surface area contributed by atoms with Gasteiger partial charge in [-0.05, 0) is 19.4 Å². The molecule has 2 heteroatoms. The Kier molecular flexibility index (Phi) is 16.9. The molecule has 0 saturated carbocycles. The van der Waals surface area contributed by atoms with Gasteiger partial charge in [-0.1, -0.05) is 84.5 Å². The molecule has 0 heterocycles. The van der Waals surface area contributed by atoms with Crippen LogP contribution in [0.5, 0.6) is 0 Å². The quantitative estimate of drug-likeness (QED) is 0.389. The van der Waals surface area contributed by atoms with E-state index >= 15 is 0 Å². The summed E-state index contributed by atoms with van der Waals surface area (Å²) < 4.78 is 0. The van der Waals surface area contributed by atoms with Crippen molar-refractivity contribution in [2.75, 3.05) is 13.1 Å². The lowest BCUT2D eigenvalue weighted by atomic mass is 10.1. The van der Waals surface area contributed by atoms with Crippen LogP contribution in [0.25, 0.3) is 0 Å². The van der Waals surface area contributed by atoms with E-state index in [1.807, 2.05) is 6.92 Å². The molecule has 2 nitrogen and oxygen atoms in total. The van der Waals surface area contributed by atoms with Gasteiger partial charge in [-0.2, -0.15) is 0 Å². The molecule has 0 radical (unpaired) electrons. The molecule has 0 aliphatic carbocycles. The average Bonchev–Trinajstić information content (AvgIpc) is 2.47. The second-order valence-electron chi connectivity index (χ2n) is 6.16. The van der Waals surface area contributed by atoms with Crippen LogP contribution >= 0.6 is 0 Å². The SMILES string of the molecule is CCCCCCCCCCCCCCNCC(O)CC. The van der Waals surface area contributed by atoms with Gasteiger partial charge in [0, 0.05) is 6.54 Å². The van der Waals surface area contributed by atoms with Gasteiger partial charge in [0.2, 0.25) is 0 Å². The minimum atomic E-state index is -0.160. The Morgan fingerprint density at radius 1 is 0.700 bits per heavy atom. The third-order valence-corrected chi connectivity index (χ3v) is 4.06. The molecule has 0 saturated heterocycles. The van der Waals surface area contributed by atoms with Gasteiger partial charge in [-0.25, -0.2) is 0 Å². The van der Waals surface area contributed by atoms with Gasteiger partial charge in [0.1, 0.15) is 0 Å². The fourth-order valence-electron chi connectivity index (χ4n) is 2.50. The van der Waals surface area contributed by atoms with E-state index < -0.39 is 0 Å². The van der Waals surface area contributed by atoms with Crippen molar-refractivity contribution in [2.45, 2.75) is 103 Å². The van der Waals surface area contributed by atoms with E-state index in [0.717, 1.165) is 19.5 Å². The topological polar surface area (TPSA) is 32.3 Å². The largest absolute Gasteiger partial charge is 0.392 e. The molecule has 0 aromatic rings. The molecule has 1 atom stereocenters. The molecule has 0 aliphatic heterocycles. The highest BCUT2D eigenvalue weighted by molar-refractivity contribution is 4.57. The summed E-state index contributed by atoms with van der Waals surface area (Å²) in [6.45, 7) is 6.13. The van der Waals surface area contributed by atoms with Gasteiger partial charge >= 0.3 is 0 Å². The standard InChI is InChI=1S/C18H39NO/c1-3-5-6-7-8-9-10-11-12-13-14-15-16-19-17-18(20)4-2/h18-20H,3-17H2,1-2H3. The van der Waals surface area contributed by atoms with Crippen LogP contribution in [0, 0.1) is 0 Å². The van der Waals surface area contributed by atoms with Crippen LogP contribution < -0.4 is 5.32 Å². The number of unbranched alkanes of at least 4 members (excludes halogenated alkanes) is 11. The predicted octanol–water partition coefficient (Wildman–Crippen LogP) is 5.05. The first kappa shape index (κ1) is 19.9. The van der Waals surface area contributed by atoms with E-state index in [1.54, 1.807) is 0 Å². The molecule has 0 spiro atoms. The Bertz CT molecular complexity index is 173. The van der Waals surface area contributed by atoms with E-state index in [1.165, 1.54) is 77.0 Å². The molecule has 122 valence electrons. The highest BCUT2D eigenvalue weighted by atomic mass is 16.3. The maximum Gasteiger partial charge on any atom is 0.0662 e. The molecule has 20 heavy (non-hydrogen) atoms. The number of aliphatic hydroxyl groups excluding tert-OH is 1. The molecule has 0 aromatic carbocycles. The van der Waals surface area contributed by atoms with E-state index in [4.69, 9.17) is 0 Å². The molecular formula is C18H39NO. The lowest BCUT2D eigenvalue weighted by molar-refractivity contribution is 0.167. The summed E-state index contributed by atoms with van der Waals surface area (Å²) in [6.07, 6.45) is 17.5. The van der Waals surface area contributed by atoms with Crippen LogP contribution in [0.1, 0.15) is 97.3 Å². The molecule has 0 fully saturated rings. The van der Waals surface area contributed by atoms with Crippen LogP contribution in [-0.2, 0) is 0 Å². The Morgan fingerprint density at radius 2 is 1.15 bits per heavy atom. The molecule has 1 unspecified atom stereocenters. The summed E-state index contributed by atoms with van der Waals surface area (Å²) in [7, 11) is 0. The van der Waals surface area contributed by atoms with E-state index in [0.29, 0.717) is 0 Å². The van der Waals surface area contributed by atoms with E-state index in [-0.39, 0.29) is 6.10 Å². The highest BCUT2D eigenvalue weighted by Crippen LogP contribution is 2.11. The van der Waals surface area contributed by atoms with Crippen LogP contribution in [0.4, 0.5) is 0 Å². The molecule has 0 aromatic heterocycles. The summed E-state index contributed by atoms with van der Waals surface area (Å²) in [5.41, 5.74) is 0. The average molecular weight is 286 g/mol. The first-order chi connectivity index (χ1) is 9.81. The maximum atomic E-state index is 9.39. The van der Waals surface area contributed by atoms with Crippen molar-refractivity contribution in [3.05, 3.63) is 0 Å². The molecule has 0 amide bonds. The fourth-order valence-corrected chi connectivity index (χ4v) is 2.50. The number of hydrogen-bond acceptors (Lipinski definition) is 2. The van der Waals surface area contributed by atoms with Gasteiger partial charge in [0.05, 0.1) is 6.10 Å². The minimum Gasteiger partial charge on any atom is -0.392 e. The van der Waals surface area contributed by atoms with Gasteiger partial charge in [-0.3, -0.25) is 0 Å². The number of rotatable bonds is 16. The zero-order valence-electron chi connectivity index (χ0n) is 14.1. The summed E-state index contributed by atoms with van der Waals surface area (Å²) >= 11 is 0. The zero-order valence-corrected chi connectivity index (χ0v) is 14.1. The second kappa shape index (κ2) is 17.0. The third kappa shape index (κ3) is 16.0. The Morgan fingerprint density at radius 3 is 1.60 bits per heavy atom. The highest BCUT2D eigenvalue weighted by Gasteiger charge is 1.98. The van der Waals surface area contributed by atoms with Crippen LogP contribution in [0.3, 0.4) is 0 Å². The molecule has 0 rings (SSSR count). The zero-order chi connectivity index (χ0) is 14.9. The minimum absolute atomic E-state index is 0.160. The summed E-state index contributed by atoms with van der Waals surface area (Å²) in [6, 6.07) is 0. The third-order valence-electron chi connectivity index (χ3n) is 4.06. The molecule has 0 bridgehead atoms. The predicted molar refractivity (Wildman–Crippen MR) is 90.2 cm³/mol. The van der Waals surface area contributed by atoms with Crippen molar-refractivity contribution in [3.63, 3.8) is 0 Å². The molecular weight excluding hydrogens is 246 g/mol. The Labute approximate surface area is 127 Å². The summed E-state index contributed by atoms with van der Waals surface area (Å²) in [4.78, 5) is 0. The molecule has 2 N–H and O–H groups in total. The number of nitrogens with one attached hydrogen (secondary N) is 1. The van der Waals surface area contributed by atoms with E-state index in [9.17, 15) is 5.11 Å². The first-order valence-corrected chi connectivity index (χ1v) is 9.20. The normalized spacial score (nSPS) is 12.8. The first-order valence-electron chi connectivity index (χ1n) is 9.20. The lowest BCUT2D eigenvalue weighted by Crippen LogP contribution is -2.26. The lowest BCUT2D eigenvalue weighted by Gasteiger charge is -2.09. The summed E-state index contributed by atoms with van der Waals surface area (Å²) in [5, 5.41) is 12.7. The van der Waals surface area contributed by atoms with Gasteiger partial charge < -0.3 is 10.4 Å². The van der Waals surface area contributed by atoms with Gasteiger partial charge in [0.15, 0.2) is 0 Å². The smallest absolute Gasteiger partial charge is 0.0662 e. The maximum absolute atomic E-state index is 9.39. The second-order valence-corrected chi connectivity index (χ2v) is 6.16.